The lowest BCUT2D eigenvalue weighted by Gasteiger charge is -2.37. The molecule has 64 heavy (non-hydrogen) atoms. The Labute approximate surface area is 372 Å². The van der Waals surface area contributed by atoms with E-state index in [4.69, 9.17) is 15.0 Å². The van der Waals surface area contributed by atoms with Gasteiger partial charge in [-0.3, -0.25) is 0 Å². The van der Waals surface area contributed by atoms with Crippen molar-refractivity contribution >= 4 is 78.7 Å². The fourth-order valence-electron chi connectivity index (χ4n) is 10.7. The van der Waals surface area contributed by atoms with Crippen LogP contribution in [0.3, 0.4) is 0 Å². The third-order valence-corrected chi connectivity index (χ3v) is 13.5. The quantitative estimate of drug-likeness (QED) is 0.143. The van der Waals surface area contributed by atoms with Crippen molar-refractivity contribution in [3.63, 3.8) is 0 Å². The first-order chi connectivity index (χ1) is 31.7. The molecule has 0 bridgehead atoms. The Morgan fingerprint density at radius 2 is 1.27 bits per heavy atom. The van der Waals surface area contributed by atoms with Gasteiger partial charge in [-0.2, -0.15) is 0 Å². The van der Waals surface area contributed by atoms with E-state index >= 15 is 0 Å². The zero-order chi connectivity index (χ0) is 42.7. The molecular weight excluding hydrogens is 781 g/mol. The smallest absolute Gasteiger partial charge is 0.164 e. The van der Waals surface area contributed by atoms with Crippen molar-refractivity contribution in [2.24, 2.45) is 0 Å². The number of fused-ring (bicyclic) bond motifs is 9. The molecule has 0 saturated carbocycles. The fourth-order valence-corrected chi connectivity index (χ4v) is 10.7. The van der Waals surface area contributed by atoms with E-state index in [9.17, 15) is 0 Å². The Morgan fingerprint density at radius 3 is 1.94 bits per heavy atom. The van der Waals surface area contributed by atoms with Crippen LogP contribution in [0.15, 0.2) is 164 Å². The predicted molar refractivity (Wildman–Crippen MR) is 267 cm³/mol. The molecule has 0 aliphatic heterocycles. The van der Waals surface area contributed by atoms with Gasteiger partial charge in [0.2, 0.25) is 0 Å². The number of hydrogen-bond acceptors (Lipinski definition) is 3. The van der Waals surface area contributed by atoms with E-state index in [1.807, 2.05) is 6.07 Å². The normalized spacial score (nSPS) is 17.4. The van der Waals surface area contributed by atoms with Gasteiger partial charge < -0.3 is 13.7 Å². The highest BCUT2D eigenvalue weighted by Crippen LogP contribution is 2.48. The van der Waals surface area contributed by atoms with Gasteiger partial charge in [-0.05, 0) is 75.4 Å². The molecule has 4 aromatic heterocycles. The predicted octanol–water partition coefficient (Wildman–Crippen LogP) is 12.7. The lowest BCUT2D eigenvalue weighted by Crippen LogP contribution is -2.38. The van der Waals surface area contributed by atoms with Crippen LogP contribution < -0.4 is 10.6 Å². The van der Waals surface area contributed by atoms with E-state index in [1.54, 1.807) is 0 Å². The van der Waals surface area contributed by atoms with Crippen LogP contribution >= 0.6 is 0 Å². The summed E-state index contributed by atoms with van der Waals surface area (Å²) in [6, 6.07) is 45.6. The molecule has 2 unspecified atom stereocenters. The lowest BCUT2D eigenvalue weighted by atomic mass is 9.91. The van der Waals surface area contributed by atoms with Gasteiger partial charge in [0.15, 0.2) is 17.5 Å². The Morgan fingerprint density at radius 1 is 0.656 bits per heavy atom. The summed E-state index contributed by atoms with van der Waals surface area (Å²) in [7, 11) is 0. The molecular formula is C58H48N6. The summed E-state index contributed by atoms with van der Waals surface area (Å²) >= 11 is 0. The molecule has 2 atom stereocenters. The van der Waals surface area contributed by atoms with Crippen LogP contribution in [0.1, 0.15) is 74.5 Å². The van der Waals surface area contributed by atoms with E-state index in [-0.39, 0.29) is 12.1 Å². The molecule has 3 aliphatic rings. The molecule has 12 rings (SSSR count). The van der Waals surface area contributed by atoms with E-state index in [2.05, 4.69) is 204 Å². The van der Waals surface area contributed by atoms with Gasteiger partial charge in [-0.25, -0.2) is 15.0 Å². The van der Waals surface area contributed by atoms with E-state index in [0.29, 0.717) is 17.5 Å². The molecule has 3 aliphatic carbocycles. The third kappa shape index (κ3) is 6.04. The zero-order valence-electron chi connectivity index (χ0n) is 36.2. The van der Waals surface area contributed by atoms with Crippen LogP contribution in [-0.2, 0) is 6.42 Å². The summed E-state index contributed by atoms with van der Waals surface area (Å²) in [5, 5.41) is 7.63. The molecule has 6 nitrogen and oxygen atoms in total. The Bertz CT molecular complexity index is 3520. The van der Waals surface area contributed by atoms with E-state index < -0.39 is 0 Å². The van der Waals surface area contributed by atoms with Gasteiger partial charge >= 0.3 is 0 Å². The first kappa shape index (κ1) is 38.1. The van der Waals surface area contributed by atoms with Crippen molar-refractivity contribution in [1.29, 1.82) is 0 Å². The minimum Gasteiger partial charge on any atom is -0.333 e. The SMILES string of the molecule is C/C=C(\C=C/CC)c1nc(C2=CC(n3c4ccccc4c4ccccc43)C(n3c4c(c5c3=CCCC=5)C=CCC4)C(n3c4ccccc4c4ccccc43)=C2)nc(-c2ccccc2)n1. The maximum absolute atomic E-state index is 5.42. The number of para-hydroxylation sites is 4. The summed E-state index contributed by atoms with van der Waals surface area (Å²) in [6.45, 7) is 4.22. The molecule has 9 aromatic rings. The van der Waals surface area contributed by atoms with Crippen LogP contribution in [0.5, 0.6) is 0 Å². The van der Waals surface area contributed by atoms with Gasteiger partial charge in [0, 0.05) is 76.8 Å². The second-order valence-corrected chi connectivity index (χ2v) is 17.1. The first-order valence-corrected chi connectivity index (χ1v) is 22.8. The summed E-state index contributed by atoms with van der Waals surface area (Å²) in [5.74, 6) is 1.96. The second kappa shape index (κ2) is 15.7. The standard InChI is InChI=1S/C58H48N6/c1-3-5-21-38(4-2)56-59-57(39-22-7-6-8-23-39)61-58(60-56)40-36-53(62-47-30-15-9-24-41(47)42-25-10-16-31-48(42)62)55(64-51-34-19-13-28-45(51)46-29-14-20-35-52(46)64)54(37-40)63-49-32-17-11-26-43(49)44-27-12-18-33-50(44)63/h4-13,15-18,21-33,35-37,53,55H,3,14,19-20,34H2,1-2H3/b21-5-,38-4+. The van der Waals surface area contributed by atoms with Crippen LogP contribution in [0, 0.1) is 0 Å². The van der Waals surface area contributed by atoms with Crippen LogP contribution in [-0.4, -0.2) is 28.7 Å². The maximum atomic E-state index is 5.42. The van der Waals surface area contributed by atoms with Gasteiger partial charge in [0.1, 0.15) is 0 Å². The van der Waals surface area contributed by atoms with Crippen molar-refractivity contribution in [3.05, 3.63) is 197 Å². The summed E-state index contributed by atoms with van der Waals surface area (Å²) in [4.78, 5) is 16.0. The topological polar surface area (TPSA) is 53.5 Å². The molecule has 6 heteroatoms. The highest BCUT2D eigenvalue weighted by molar-refractivity contribution is 6.11. The Hall–Kier alpha value is -7.57. The molecule has 5 aromatic carbocycles. The van der Waals surface area contributed by atoms with Gasteiger partial charge in [-0.1, -0.05) is 153 Å². The monoisotopic (exact) mass is 828 g/mol. The van der Waals surface area contributed by atoms with Crippen molar-refractivity contribution in [2.45, 2.75) is 58.0 Å². The maximum Gasteiger partial charge on any atom is 0.164 e. The molecule has 0 saturated heterocycles. The summed E-state index contributed by atoms with van der Waals surface area (Å²) in [6.07, 6.45) is 26.0. The fraction of sp³-hybridized carbons (Fsp3) is 0.155. The molecule has 0 radical (unpaired) electrons. The molecule has 0 spiro atoms. The Balaban J connectivity index is 1.24. The van der Waals surface area contributed by atoms with Gasteiger partial charge in [0.25, 0.3) is 0 Å². The number of nitrogens with zero attached hydrogens (tertiary/aromatic N) is 6. The number of allylic oxidation sites excluding steroid dienone is 9. The number of hydrogen-bond donors (Lipinski definition) is 0. The first-order valence-electron chi connectivity index (χ1n) is 22.8. The summed E-state index contributed by atoms with van der Waals surface area (Å²) < 4.78 is 7.90. The van der Waals surface area contributed by atoms with Gasteiger partial charge in [-0.15, -0.1) is 0 Å². The van der Waals surface area contributed by atoms with Crippen LogP contribution in [0.25, 0.3) is 90.1 Å². The highest BCUT2D eigenvalue weighted by Gasteiger charge is 2.38. The van der Waals surface area contributed by atoms with Crippen molar-refractivity contribution in [3.8, 4) is 11.4 Å². The number of aromatic nitrogens is 6. The average Bonchev–Trinajstić information content (AvgIpc) is 4.00. The second-order valence-electron chi connectivity index (χ2n) is 17.1. The van der Waals surface area contributed by atoms with Crippen molar-refractivity contribution in [2.75, 3.05) is 0 Å². The number of rotatable bonds is 8. The molecule has 310 valence electrons. The van der Waals surface area contributed by atoms with Crippen molar-refractivity contribution in [1.82, 2.24) is 28.7 Å². The lowest BCUT2D eigenvalue weighted by molar-refractivity contribution is 0.444. The van der Waals surface area contributed by atoms with Crippen LogP contribution in [0.2, 0.25) is 0 Å². The highest BCUT2D eigenvalue weighted by atomic mass is 15.2. The zero-order valence-corrected chi connectivity index (χ0v) is 36.2. The minimum absolute atomic E-state index is 0.164. The van der Waals surface area contributed by atoms with E-state index in [1.165, 1.54) is 71.1 Å². The molecule has 4 heterocycles. The molecule has 0 amide bonds. The molecule has 0 fully saturated rings. The Kier molecular flexibility index (Phi) is 9.33. The van der Waals surface area contributed by atoms with Crippen molar-refractivity contribution < 1.29 is 0 Å². The average molecular weight is 829 g/mol. The van der Waals surface area contributed by atoms with Crippen LogP contribution in [0.4, 0.5) is 0 Å². The largest absolute Gasteiger partial charge is 0.333 e. The molecule has 0 N–H and O–H groups in total. The van der Waals surface area contributed by atoms with Gasteiger partial charge in [0.05, 0.1) is 23.1 Å². The minimum atomic E-state index is -0.205. The third-order valence-electron chi connectivity index (χ3n) is 13.5. The summed E-state index contributed by atoms with van der Waals surface area (Å²) in [5.41, 5.74) is 11.6. The number of benzene rings is 5. The van der Waals surface area contributed by atoms with E-state index in [0.717, 1.165) is 48.8 Å².